The lowest BCUT2D eigenvalue weighted by molar-refractivity contribution is -0.121. The van der Waals surface area contributed by atoms with Crippen LogP contribution in [0.5, 0.6) is 11.5 Å². The number of hydrogen-bond donors (Lipinski definition) is 2. The summed E-state index contributed by atoms with van der Waals surface area (Å²) in [6, 6.07) is 8.64. The predicted molar refractivity (Wildman–Crippen MR) is 134 cm³/mol. The zero-order chi connectivity index (χ0) is 25.4. The molecule has 1 unspecified atom stereocenters. The van der Waals surface area contributed by atoms with Gasteiger partial charge in [0.05, 0.1) is 25.6 Å². The maximum atomic E-state index is 13.8. The normalized spacial score (nSPS) is 13.7. The number of hydrogen-bond acceptors (Lipinski definition) is 6. The van der Waals surface area contributed by atoms with Crippen molar-refractivity contribution in [3.05, 3.63) is 68.6 Å². The van der Waals surface area contributed by atoms with E-state index in [0.29, 0.717) is 35.6 Å². The molecule has 3 aromatic rings. The van der Waals surface area contributed by atoms with Gasteiger partial charge in [-0.15, -0.1) is 0 Å². The molecule has 2 heterocycles. The summed E-state index contributed by atoms with van der Waals surface area (Å²) in [5, 5.41) is 0. The number of fused-ring (bicyclic) bond motifs is 3. The first-order valence-corrected chi connectivity index (χ1v) is 11.4. The molecule has 0 saturated heterocycles. The summed E-state index contributed by atoms with van der Waals surface area (Å²) >= 11 is 0. The fourth-order valence-electron chi connectivity index (χ4n) is 4.83. The smallest absolute Gasteiger partial charge is 0.330 e. The van der Waals surface area contributed by atoms with Crippen molar-refractivity contribution < 1.29 is 14.3 Å². The fraction of sp³-hybridized carbons (Fsp3) is 0.346. The van der Waals surface area contributed by atoms with Crippen LogP contribution in [0.2, 0.25) is 0 Å². The zero-order valence-corrected chi connectivity index (χ0v) is 20.7. The van der Waals surface area contributed by atoms with Crippen LogP contribution in [0.3, 0.4) is 0 Å². The second-order valence-corrected chi connectivity index (χ2v) is 8.82. The van der Waals surface area contributed by atoms with E-state index in [1.165, 1.54) is 4.57 Å². The van der Waals surface area contributed by atoms with E-state index in [1.807, 2.05) is 51.1 Å². The van der Waals surface area contributed by atoms with E-state index in [9.17, 15) is 9.59 Å². The number of carbonyl (C=O) groups is 1. The van der Waals surface area contributed by atoms with Crippen LogP contribution in [0, 0.1) is 20.8 Å². The molecule has 4 rings (SSSR count). The van der Waals surface area contributed by atoms with Gasteiger partial charge in [-0.2, -0.15) is 0 Å². The van der Waals surface area contributed by atoms with E-state index in [-0.39, 0.29) is 6.54 Å². The second-order valence-electron chi connectivity index (χ2n) is 8.82. The molecule has 0 spiro atoms. The minimum absolute atomic E-state index is 0.120. The summed E-state index contributed by atoms with van der Waals surface area (Å²) in [6.07, 6.45) is 0.610. The first kappa shape index (κ1) is 24.3. The van der Waals surface area contributed by atoms with Gasteiger partial charge in [-0.25, -0.2) is 9.79 Å². The van der Waals surface area contributed by atoms with Crippen LogP contribution in [0.25, 0.3) is 11.3 Å². The van der Waals surface area contributed by atoms with Crippen molar-refractivity contribution in [2.24, 2.45) is 16.5 Å². The Morgan fingerprint density at radius 2 is 1.69 bits per heavy atom. The average Bonchev–Trinajstić information content (AvgIpc) is 2.82. The number of rotatable bonds is 6. The topological polar surface area (TPSA) is 127 Å². The third kappa shape index (κ3) is 4.23. The van der Waals surface area contributed by atoms with E-state index >= 15 is 0 Å². The summed E-state index contributed by atoms with van der Waals surface area (Å²) in [5.74, 6) is 0.497. The summed E-state index contributed by atoms with van der Waals surface area (Å²) in [5.41, 5.74) is 17.8. The quantitative estimate of drug-likeness (QED) is 0.562. The molecule has 184 valence electrons. The van der Waals surface area contributed by atoms with Crippen molar-refractivity contribution >= 4 is 11.6 Å². The molecule has 4 N–H and O–H groups in total. The van der Waals surface area contributed by atoms with Crippen LogP contribution in [-0.4, -0.2) is 35.8 Å². The number of ether oxygens (including phenoxy) is 2. The second kappa shape index (κ2) is 9.42. The largest absolute Gasteiger partial charge is 0.493 e. The lowest BCUT2D eigenvalue weighted by Crippen LogP contribution is -2.49. The van der Waals surface area contributed by atoms with Crippen molar-refractivity contribution in [3.63, 3.8) is 0 Å². The maximum Gasteiger partial charge on any atom is 0.330 e. The Labute approximate surface area is 203 Å². The van der Waals surface area contributed by atoms with Gasteiger partial charge in [-0.1, -0.05) is 17.7 Å². The minimum Gasteiger partial charge on any atom is -0.493 e. The van der Waals surface area contributed by atoms with Crippen LogP contribution in [0.1, 0.15) is 28.3 Å². The zero-order valence-electron chi connectivity index (χ0n) is 20.7. The predicted octanol–water partition coefficient (Wildman–Crippen LogP) is 2.03. The SMILES string of the molecule is COc1cc2c(cc1OC)-c1cc(=Nc3c(C)cc(C)cc3C)n(C(CN)C(N)=O)c(=O)n1CC2. The van der Waals surface area contributed by atoms with Crippen molar-refractivity contribution in [2.75, 3.05) is 20.8 Å². The van der Waals surface area contributed by atoms with Gasteiger partial charge in [-0.3, -0.25) is 13.9 Å². The number of methoxy groups -OCH3 is 2. The molecule has 0 aliphatic carbocycles. The molecule has 2 aromatic carbocycles. The van der Waals surface area contributed by atoms with Crippen molar-refractivity contribution in [1.82, 2.24) is 9.13 Å². The van der Waals surface area contributed by atoms with E-state index in [1.54, 1.807) is 18.8 Å². The first-order valence-electron chi connectivity index (χ1n) is 11.4. The summed E-state index contributed by atoms with van der Waals surface area (Å²) in [7, 11) is 3.16. The van der Waals surface area contributed by atoms with Gasteiger partial charge < -0.3 is 20.9 Å². The monoisotopic (exact) mass is 477 g/mol. The van der Waals surface area contributed by atoms with Crippen LogP contribution < -0.4 is 32.1 Å². The number of aromatic nitrogens is 2. The van der Waals surface area contributed by atoms with Gasteiger partial charge in [0.1, 0.15) is 11.5 Å². The molecule has 9 heteroatoms. The fourth-order valence-corrected chi connectivity index (χ4v) is 4.83. The molecule has 1 aliphatic heterocycles. The summed E-state index contributed by atoms with van der Waals surface area (Å²) in [4.78, 5) is 31.0. The van der Waals surface area contributed by atoms with Crippen molar-refractivity contribution in [2.45, 2.75) is 39.8 Å². The van der Waals surface area contributed by atoms with Crippen molar-refractivity contribution in [1.29, 1.82) is 0 Å². The van der Waals surface area contributed by atoms with Gasteiger partial charge in [0.2, 0.25) is 5.91 Å². The summed E-state index contributed by atoms with van der Waals surface area (Å²) < 4.78 is 13.9. The minimum atomic E-state index is -1.03. The van der Waals surface area contributed by atoms with E-state index in [2.05, 4.69) is 0 Å². The number of amides is 1. The van der Waals surface area contributed by atoms with Crippen LogP contribution in [-0.2, 0) is 17.8 Å². The number of nitrogens with zero attached hydrogens (tertiary/aromatic N) is 3. The van der Waals surface area contributed by atoms with Gasteiger partial charge in [-0.05, 0) is 56.0 Å². The van der Waals surface area contributed by atoms with E-state index in [0.717, 1.165) is 33.5 Å². The van der Waals surface area contributed by atoms with Gasteiger partial charge in [0, 0.05) is 24.7 Å². The van der Waals surface area contributed by atoms with Crippen LogP contribution >= 0.6 is 0 Å². The molecule has 0 radical (unpaired) electrons. The number of benzene rings is 2. The standard InChI is InChI=1S/C26H31N5O4/c1-14-8-15(2)24(16(3)9-14)29-23-12-19-18-11-22(35-5)21(34-4)10-17(18)6-7-30(19)26(33)31(23)20(13-27)25(28)32/h8-12,20H,6-7,13,27H2,1-5H3,(H2,28,32). The lowest BCUT2D eigenvalue weighted by Gasteiger charge is -2.26. The van der Waals surface area contributed by atoms with Crippen LogP contribution in [0.4, 0.5) is 5.69 Å². The highest BCUT2D eigenvalue weighted by Crippen LogP contribution is 2.37. The molecular weight excluding hydrogens is 446 g/mol. The van der Waals surface area contributed by atoms with Gasteiger partial charge >= 0.3 is 5.69 Å². The third-order valence-electron chi connectivity index (χ3n) is 6.46. The highest BCUT2D eigenvalue weighted by molar-refractivity contribution is 5.78. The van der Waals surface area contributed by atoms with E-state index in [4.69, 9.17) is 25.9 Å². The molecule has 35 heavy (non-hydrogen) atoms. The van der Waals surface area contributed by atoms with Gasteiger partial charge in [0.15, 0.2) is 11.5 Å². The van der Waals surface area contributed by atoms with Crippen molar-refractivity contribution in [3.8, 4) is 22.8 Å². The maximum absolute atomic E-state index is 13.8. The lowest BCUT2D eigenvalue weighted by atomic mass is 9.96. The highest BCUT2D eigenvalue weighted by atomic mass is 16.5. The Morgan fingerprint density at radius 3 is 2.26 bits per heavy atom. The molecule has 0 saturated carbocycles. The third-order valence-corrected chi connectivity index (χ3v) is 6.46. The number of nitrogens with two attached hydrogens (primary N) is 2. The average molecular weight is 478 g/mol. The number of primary amides is 1. The number of carbonyl (C=O) groups excluding carboxylic acids is 1. The molecule has 1 amide bonds. The first-order chi connectivity index (χ1) is 16.7. The molecular formula is C26H31N5O4. The molecule has 0 bridgehead atoms. The van der Waals surface area contributed by atoms with Gasteiger partial charge in [0.25, 0.3) is 0 Å². The van der Waals surface area contributed by atoms with E-state index < -0.39 is 17.6 Å². The highest BCUT2D eigenvalue weighted by Gasteiger charge is 2.26. The summed E-state index contributed by atoms with van der Waals surface area (Å²) in [6.45, 7) is 6.26. The Bertz CT molecular complexity index is 1430. The Kier molecular flexibility index (Phi) is 6.53. The molecule has 1 aromatic heterocycles. The molecule has 9 nitrogen and oxygen atoms in total. The molecule has 1 atom stereocenters. The molecule has 0 fully saturated rings. The number of aryl methyl sites for hydroxylation is 4. The molecule has 1 aliphatic rings. The Balaban J connectivity index is 2.10. The Hall–Kier alpha value is -3.85. The Morgan fingerprint density at radius 1 is 1.06 bits per heavy atom. The van der Waals surface area contributed by atoms with Crippen LogP contribution in [0.15, 0.2) is 40.1 Å².